The number of nitrogens with zero attached hydrogens (tertiary/aromatic N) is 1. The molecule has 0 aromatic carbocycles. The summed E-state index contributed by atoms with van der Waals surface area (Å²) in [6, 6.07) is 2.42. The fourth-order valence-electron chi connectivity index (χ4n) is 3.54. The van der Waals surface area contributed by atoms with Crippen LogP contribution in [0.4, 0.5) is 0 Å². The van der Waals surface area contributed by atoms with Crippen LogP contribution in [0.15, 0.2) is 6.07 Å². The van der Waals surface area contributed by atoms with Gasteiger partial charge in [-0.3, -0.25) is 0 Å². The molecular formula is C22H43NO3Zr. The van der Waals surface area contributed by atoms with Gasteiger partial charge in [-0.1, -0.05) is 0 Å². The summed E-state index contributed by atoms with van der Waals surface area (Å²) >= 11 is -4.01. The zero-order valence-electron chi connectivity index (χ0n) is 19.9. The quantitative estimate of drug-likeness (QED) is 0.419. The van der Waals surface area contributed by atoms with E-state index in [0.717, 1.165) is 19.3 Å². The first-order valence-corrected chi connectivity index (χ1v) is 14.4. The molecule has 0 saturated carbocycles. The van der Waals surface area contributed by atoms with Gasteiger partial charge in [-0.15, -0.1) is 0 Å². The topological polar surface area (TPSA) is 32.6 Å². The Labute approximate surface area is 174 Å². The summed E-state index contributed by atoms with van der Waals surface area (Å²) in [6.07, 6.45) is 3.15. The molecule has 4 nitrogen and oxygen atoms in total. The summed E-state index contributed by atoms with van der Waals surface area (Å²) in [5.41, 5.74) is 4.06. The van der Waals surface area contributed by atoms with Crippen LogP contribution in [0.5, 0.6) is 0 Å². The molecule has 0 fully saturated rings. The van der Waals surface area contributed by atoms with Crippen LogP contribution in [-0.2, 0) is 46.6 Å². The standard InChI is InChI=1S/C19H34N.3CH3O.Zr/c1-10-17(4,5)14-13-15(18(6,7)11-2)20-16(14)19(8,9)12-3;3*1-2;/h13H,10-12H2,1-9H3;3*1H3;/q4*-1;+4. The molecular weight excluding hydrogens is 417 g/mol. The Bertz CT molecular complexity index is 619. The average Bonchev–Trinajstić information content (AvgIpc) is 3.07. The Morgan fingerprint density at radius 2 is 1.15 bits per heavy atom. The normalized spacial score (nSPS) is 14.1. The molecule has 0 aliphatic carbocycles. The first kappa shape index (κ1) is 25.1. The minimum absolute atomic E-state index is 0.00158. The third kappa shape index (κ3) is 4.47. The number of aromatic nitrogens is 1. The predicted octanol–water partition coefficient (Wildman–Crippen LogP) is 6.15. The maximum atomic E-state index is 6.07. The number of rotatable bonds is 10. The molecule has 158 valence electrons. The van der Waals surface area contributed by atoms with Crippen molar-refractivity contribution in [3.05, 3.63) is 23.0 Å². The van der Waals surface area contributed by atoms with E-state index >= 15 is 0 Å². The molecule has 5 heteroatoms. The number of hydrogen-bond acceptors (Lipinski definition) is 3. The van der Waals surface area contributed by atoms with E-state index in [-0.39, 0.29) is 16.2 Å². The monoisotopic (exact) mass is 459 g/mol. The molecule has 0 N–H and O–H groups in total. The fourth-order valence-corrected chi connectivity index (χ4v) is 9.46. The summed E-state index contributed by atoms with van der Waals surface area (Å²) in [6.45, 7) is 20.7. The van der Waals surface area contributed by atoms with Crippen LogP contribution < -0.4 is 0 Å². The van der Waals surface area contributed by atoms with Crippen molar-refractivity contribution in [3.63, 3.8) is 0 Å². The van der Waals surface area contributed by atoms with Gasteiger partial charge in [0.25, 0.3) is 0 Å². The van der Waals surface area contributed by atoms with Crippen LogP contribution in [0.1, 0.15) is 98.5 Å². The zero-order valence-corrected chi connectivity index (χ0v) is 22.3. The molecule has 0 aliphatic rings. The van der Waals surface area contributed by atoms with Gasteiger partial charge in [0.2, 0.25) is 0 Å². The van der Waals surface area contributed by atoms with E-state index in [1.165, 1.54) is 17.0 Å². The molecule has 0 radical (unpaired) electrons. The molecule has 27 heavy (non-hydrogen) atoms. The van der Waals surface area contributed by atoms with Crippen molar-refractivity contribution in [2.45, 2.75) is 97.8 Å². The Morgan fingerprint density at radius 3 is 1.48 bits per heavy atom. The Kier molecular flexibility index (Phi) is 8.19. The van der Waals surface area contributed by atoms with Gasteiger partial charge in [-0.25, -0.2) is 0 Å². The van der Waals surface area contributed by atoms with E-state index in [1.54, 1.807) is 21.3 Å². The summed E-state index contributed by atoms with van der Waals surface area (Å²) in [5.74, 6) is 0. The van der Waals surface area contributed by atoms with Crippen molar-refractivity contribution in [2.75, 3.05) is 21.3 Å². The van der Waals surface area contributed by atoms with Crippen molar-refractivity contribution < 1.29 is 30.3 Å². The predicted molar refractivity (Wildman–Crippen MR) is 111 cm³/mol. The van der Waals surface area contributed by atoms with Gasteiger partial charge in [0.15, 0.2) is 0 Å². The molecule has 0 aliphatic heterocycles. The summed E-state index contributed by atoms with van der Waals surface area (Å²) < 4.78 is 20.6. The van der Waals surface area contributed by atoms with E-state index in [0.29, 0.717) is 0 Å². The third-order valence-electron chi connectivity index (χ3n) is 6.76. The number of hydrogen-bond donors (Lipinski definition) is 0. The molecule has 1 heterocycles. The first-order chi connectivity index (χ1) is 12.3. The van der Waals surface area contributed by atoms with E-state index < -0.39 is 21.9 Å². The molecule has 0 atom stereocenters. The third-order valence-corrected chi connectivity index (χ3v) is 13.1. The van der Waals surface area contributed by atoms with Crippen LogP contribution in [0.25, 0.3) is 0 Å². The second kappa shape index (κ2) is 8.82. The second-order valence-corrected chi connectivity index (χ2v) is 16.2. The van der Waals surface area contributed by atoms with Gasteiger partial charge >= 0.3 is 175 Å². The molecule has 0 bridgehead atoms. The molecule has 0 saturated heterocycles. The molecule has 1 aromatic rings. The van der Waals surface area contributed by atoms with Crippen molar-refractivity contribution in [3.8, 4) is 0 Å². The van der Waals surface area contributed by atoms with Gasteiger partial charge in [-0.05, 0) is 0 Å². The zero-order chi connectivity index (χ0) is 21.3. The van der Waals surface area contributed by atoms with Crippen LogP contribution in [0.3, 0.4) is 0 Å². The minimum atomic E-state index is -4.01. The molecule has 0 amide bonds. The summed E-state index contributed by atoms with van der Waals surface area (Å²) in [7, 11) is 5.21. The van der Waals surface area contributed by atoms with Gasteiger partial charge in [0, 0.05) is 0 Å². The molecule has 1 aromatic heterocycles. The maximum absolute atomic E-state index is 6.07. The Balaban J connectivity index is 4.17. The molecule has 0 unspecified atom stereocenters. The summed E-state index contributed by atoms with van der Waals surface area (Å²) in [4.78, 5) is 0. The SMILES string of the molecule is CCC(C)(C)c1cc(C(C)(C)CC)[n]([Zr]([O]C)([O]C)[O]C)c1C(C)(C)CC. The second-order valence-electron chi connectivity index (χ2n) is 9.48. The Morgan fingerprint density at radius 1 is 0.741 bits per heavy atom. The van der Waals surface area contributed by atoms with E-state index in [1.807, 2.05) is 0 Å². The van der Waals surface area contributed by atoms with Gasteiger partial charge < -0.3 is 0 Å². The van der Waals surface area contributed by atoms with E-state index in [2.05, 4.69) is 70.9 Å². The van der Waals surface area contributed by atoms with Crippen molar-refractivity contribution in [1.29, 1.82) is 0 Å². The van der Waals surface area contributed by atoms with Crippen LogP contribution >= 0.6 is 0 Å². The van der Waals surface area contributed by atoms with Gasteiger partial charge in [0.05, 0.1) is 0 Å². The van der Waals surface area contributed by atoms with Crippen molar-refractivity contribution in [2.24, 2.45) is 0 Å². The summed E-state index contributed by atoms with van der Waals surface area (Å²) in [5, 5.41) is 0. The average molecular weight is 461 g/mol. The van der Waals surface area contributed by atoms with Crippen LogP contribution in [0.2, 0.25) is 0 Å². The van der Waals surface area contributed by atoms with Crippen molar-refractivity contribution in [1.82, 2.24) is 2.51 Å². The van der Waals surface area contributed by atoms with Crippen LogP contribution in [0, 0.1) is 0 Å². The van der Waals surface area contributed by atoms with Crippen molar-refractivity contribution >= 4 is 0 Å². The molecule has 0 spiro atoms. The Hall–Kier alpha value is 0.0431. The van der Waals surface area contributed by atoms with E-state index in [4.69, 9.17) is 8.44 Å². The van der Waals surface area contributed by atoms with Gasteiger partial charge in [0.1, 0.15) is 0 Å². The van der Waals surface area contributed by atoms with Gasteiger partial charge in [-0.2, -0.15) is 0 Å². The van der Waals surface area contributed by atoms with E-state index in [9.17, 15) is 0 Å². The molecule has 1 rings (SSSR count). The first-order valence-electron chi connectivity index (χ1n) is 10.3. The van der Waals surface area contributed by atoms with Crippen LogP contribution in [-0.4, -0.2) is 23.8 Å². The fraction of sp³-hybridized carbons (Fsp3) is 0.818.